The molecule has 0 aromatic heterocycles. The molecule has 1 heterocycles. The summed E-state index contributed by atoms with van der Waals surface area (Å²) in [5.41, 5.74) is 6.41. The molecule has 9 heteroatoms. The van der Waals surface area contributed by atoms with Gasteiger partial charge >= 0.3 is 6.36 Å². The number of nitrogens with two attached hydrogens (primary N) is 1. The summed E-state index contributed by atoms with van der Waals surface area (Å²) in [5.74, 6) is -0.281. The van der Waals surface area contributed by atoms with Crippen LogP contribution < -0.4 is 15.8 Å². The quantitative estimate of drug-likeness (QED) is 0.730. The minimum Gasteiger partial charge on any atom is -0.406 e. The largest absolute Gasteiger partial charge is 0.573 e. The Bertz CT molecular complexity index is 725. The average Bonchev–Trinajstić information content (AvgIpc) is 3.23. The third kappa shape index (κ3) is 6.35. The molecule has 3 N–H and O–H groups in total. The van der Waals surface area contributed by atoms with Crippen LogP contribution in [0.1, 0.15) is 55.3 Å². The van der Waals surface area contributed by atoms with Gasteiger partial charge in [0.1, 0.15) is 5.75 Å². The molecular weight excluding hydrogens is 399 g/mol. The second-order valence-corrected chi connectivity index (χ2v) is 8.14. The van der Waals surface area contributed by atoms with Crippen LogP contribution in [0.3, 0.4) is 0 Å². The number of ether oxygens (including phenoxy) is 1. The van der Waals surface area contributed by atoms with Gasteiger partial charge in [0.2, 0.25) is 5.91 Å². The van der Waals surface area contributed by atoms with Gasteiger partial charge < -0.3 is 20.7 Å². The highest BCUT2D eigenvalue weighted by molar-refractivity contribution is 5.94. The Kier molecular flexibility index (Phi) is 7.23. The summed E-state index contributed by atoms with van der Waals surface area (Å²) in [6.07, 6.45) is 1.32. The molecule has 1 aliphatic heterocycles. The van der Waals surface area contributed by atoms with Crippen LogP contribution in [-0.2, 0) is 4.79 Å². The van der Waals surface area contributed by atoms with Crippen LogP contribution in [0.25, 0.3) is 0 Å². The number of rotatable bonds is 6. The maximum atomic E-state index is 12.4. The number of likely N-dealkylation sites (tertiary alicyclic amines) is 1. The third-order valence-corrected chi connectivity index (χ3v) is 5.85. The first kappa shape index (κ1) is 22.4. The van der Waals surface area contributed by atoms with Crippen molar-refractivity contribution in [3.8, 4) is 5.75 Å². The lowest BCUT2D eigenvalue weighted by Crippen LogP contribution is -2.44. The van der Waals surface area contributed by atoms with Gasteiger partial charge in [-0.1, -0.05) is 0 Å². The van der Waals surface area contributed by atoms with Crippen LogP contribution >= 0.6 is 0 Å². The van der Waals surface area contributed by atoms with Gasteiger partial charge in [0.05, 0.1) is 6.04 Å². The van der Waals surface area contributed by atoms with Crippen molar-refractivity contribution in [2.45, 2.75) is 63.4 Å². The van der Waals surface area contributed by atoms with Crippen LogP contribution in [0.5, 0.6) is 5.75 Å². The van der Waals surface area contributed by atoms with E-state index >= 15 is 0 Å². The lowest BCUT2D eigenvalue weighted by Gasteiger charge is -2.31. The van der Waals surface area contributed by atoms with E-state index < -0.39 is 12.4 Å². The maximum absolute atomic E-state index is 12.4. The molecule has 2 aliphatic rings. The summed E-state index contributed by atoms with van der Waals surface area (Å²) in [4.78, 5) is 26.6. The molecule has 1 saturated heterocycles. The number of carbonyl (C=O) groups excluding carboxylic acids is 2. The summed E-state index contributed by atoms with van der Waals surface area (Å²) < 4.78 is 40.4. The number of hydrogen-bond donors (Lipinski definition) is 2. The minimum absolute atomic E-state index is 0.00496. The molecule has 0 bridgehead atoms. The number of nitrogens with one attached hydrogen (secondary N) is 1. The molecule has 1 saturated carbocycles. The van der Waals surface area contributed by atoms with Crippen LogP contribution in [0, 0.1) is 5.92 Å². The van der Waals surface area contributed by atoms with Crippen molar-refractivity contribution < 1.29 is 27.5 Å². The lowest BCUT2D eigenvalue weighted by molar-refractivity contribution is -0.274. The highest BCUT2D eigenvalue weighted by atomic mass is 19.4. The first-order chi connectivity index (χ1) is 14.2. The van der Waals surface area contributed by atoms with Gasteiger partial charge in [0.25, 0.3) is 5.91 Å². The van der Waals surface area contributed by atoms with Gasteiger partial charge in [-0.25, -0.2) is 0 Å². The van der Waals surface area contributed by atoms with E-state index in [-0.39, 0.29) is 29.2 Å². The van der Waals surface area contributed by atoms with Gasteiger partial charge in [-0.2, -0.15) is 0 Å². The van der Waals surface area contributed by atoms with E-state index in [1.54, 1.807) is 0 Å². The fourth-order valence-electron chi connectivity index (χ4n) is 4.25. The molecule has 2 fully saturated rings. The van der Waals surface area contributed by atoms with Crippen molar-refractivity contribution in [2.75, 3.05) is 13.1 Å². The monoisotopic (exact) mass is 427 g/mol. The zero-order valence-corrected chi connectivity index (χ0v) is 16.8. The number of nitrogens with zero attached hydrogens (tertiary/aromatic N) is 1. The highest BCUT2D eigenvalue weighted by Crippen LogP contribution is 2.29. The predicted octanol–water partition coefficient (Wildman–Crippen LogP) is 3.21. The molecule has 1 aliphatic carbocycles. The van der Waals surface area contributed by atoms with Crippen molar-refractivity contribution in [2.24, 2.45) is 11.7 Å². The van der Waals surface area contributed by atoms with Gasteiger partial charge in [-0.3, -0.25) is 9.59 Å². The summed E-state index contributed by atoms with van der Waals surface area (Å²) >= 11 is 0. The molecule has 1 aromatic carbocycles. The smallest absolute Gasteiger partial charge is 0.406 e. The van der Waals surface area contributed by atoms with Crippen molar-refractivity contribution in [1.82, 2.24) is 10.2 Å². The van der Waals surface area contributed by atoms with Crippen molar-refractivity contribution in [3.63, 3.8) is 0 Å². The molecule has 166 valence electrons. The fraction of sp³-hybridized carbons (Fsp3) is 0.619. The Morgan fingerprint density at radius 1 is 1.10 bits per heavy atom. The van der Waals surface area contributed by atoms with Crippen LogP contribution in [0.2, 0.25) is 0 Å². The number of amides is 2. The van der Waals surface area contributed by atoms with E-state index in [2.05, 4.69) is 10.1 Å². The standard InChI is InChI=1S/C21H28F3N3O3/c22-21(23,24)30-17-9-5-15(6-10-17)19(28)26-16-7-3-14(4-8-16)13-18(25)20(29)27-11-1-2-12-27/h5-6,9-10,14,16,18H,1-4,7-8,11-13,25H2,(H,26,28)/t14?,16?,18-/m0/s1. The van der Waals surface area contributed by atoms with E-state index in [9.17, 15) is 22.8 Å². The second-order valence-electron chi connectivity index (χ2n) is 8.14. The van der Waals surface area contributed by atoms with Crippen LogP contribution in [0.15, 0.2) is 24.3 Å². The fourth-order valence-corrected chi connectivity index (χ4v) is 4.25. The van der Waals surface area contributed by atoms with Gasteiger partial charge in [0, 0.05) is 24.7 Å². The van der Waals surface area contributed by atoms with Gasteiger partial charge in [-0.05, 0) is 75.1 Å². The molecular formula is C21H28F3N3O3. The zero-order valence-electron chi connectivity index (χ0n) is 16.8. The first-order valence-electron chi connectivity index (χ1n) is 10.4. The Hall–Kier alpha value is -2.29. The number of alkyl halides is 3. The van der Waals surface area contributed by atoms with E-state index in [1.807, 2.05) is 4.90 Å². The maximum Gasteiger partial charge on any atom is 0.573 e. The normalized spacial score (nSPS) is 23.1. The second kappa shape index (κ2) is 9.68. The molecule has 0 spiro atoms. The Morgan fingerprint density at radius 2 is 1.70 bits per heavy atom. The minimum atomic E-state index is -4.76. The van der Waals surface area contributed by atoms with Crippen LogP contribution in [-0.4, -0.2) is 48.2 Å². The Morgan fingerprint density at radius 3 is 2.27 bits per heavy atom. The number of hydrogen-bond acceptors (Lipinski definition) is 4. The highest BCUT2D eigenvalue weighted by Gasteiger charge is 2.31. The molecule has 6 nitrogen and oxygen atoms in total. The van der Waals surface area contributed by atoms with E-state index in [4.69, 9.17) is 5.73 Å². The molecule has 3 rings (SSSR count). The molecule has 0 radical (unpaired) electrons. The number of benzene rings is 1. The molecule has 1 atom stereocenters. The Labute approximate surface area is 173 Å². The first-order valence-corrected chi connectivity index (χ1v) is 10.4. The van der Waals surface area contributed by atoms with E-state index in [1.165, 1.54) is 12.1 Å². The van der Waals surface area contributed by atoms with Crippen LogP contribution in [0.4, 0.5) is 13.2 Å². The SMILES string of the molecule is N[C@@H](CC1CCC(NC(=O)c2ccc(OC(F)(F)F)cc2)CC1)C(=O)N1CCCC1. The Balaban J connectivity index is 1.41. The summed E-state index contributed by atoms with van der Waals surface area (Å²) in [6, 6.07) is 4.41. The van der Waals surface area contributed by atoms with E-state index in [0.29, 0.717) is 12.3 Å². The summed E-state index contributed by atoms with van der Waals surface area (Å²) in [7, 11) is 0. The average molecular weight is 427 g/mol. The van der Waals surface area contributed by atoms with Crippen molar-refractivity contribution >= 4 is 11.8 Å². The molecule has 30 heavy (non-hydrogen) atoms. The van der Waals surface area contributed by atoms with Gasteiger partial charge in [-0.15, -0.1) is 13.2 Å². The molecule has 1 aromatic rings. The topological polar surface area (TPSA) is 84.7 Å². The number of halogens is 3. The molecule has 2 amide bonds. The third-order valence-electron chi connectivity index (χ3n) is 5.85. The summed E-state index contributed by atoms with van der Waals surface area (Å²) in [5, 5.41) is 2.94. The van der Waals surface area contributed by atoms with Gasteiger partial charge in [0.15, 0.2) is 0 Å². The zero-order chi connectivity index (χ0) is 21.7. The van der Waals surface area contributed by atoms with Crippen molar-refractivity contribution in [1.29, 1.82) is 0 Å². The summed E-state index contributed by atoms with van der Waals surface area (Å²) in [6.45, 7) is 1.60. The van der Waals surface area contributed by atoms with Crippen molar-refractivity contribution in [3.05, 3.63) is 29.8 Å². The lowest BCUT2D eigenvalue weighted by atomic mass is 9.82. The predicted molar refractivity (Wildman–Crippen MR) is 105 cm³/mol. The molecule has 0 unspecified atom stereocenters. The number of carbonyl (C=O) groups is 2. The van der Waals surface area contributed by atoms with E-state index in [0.717, 1.165) is 63.7 Å².